The summed E-state index contributed by atoms with van der Waals surface area (Å²) < 4.78 is 12.6. The van der Waals surface area contributed by atoms with Gasteiger partial charge in [0.25, 0.3) is 5.56 Å². The monoisotopic (exact) mass is 440 g/mol. The zero-order chi connectivity index (χ0) is 21.8. The van der Waals surface area contributed by atoms with Crippen LogP contribution in [0.1, 0.15) is 34.1 Å². The molecule has 1 aliphatic heterocycles. The fourth-order valence-corrected chi connectivity index (χ4v) is 3.79. The van der Waals surface area contributed by atoms with Gasteiger partial charge in [0.1, 0.15) is 18.9 Å². The summed E-state index contributed by atoms with van der Waals surface area (Å²) in [4.78, 5) is 39.2. The van der Waals surface area contributed by atoms with Gasteiger partial charge in [-0.2, -0.15) is 0 Å². The Hall–Kier alpha value is -3.16. The molecular formula is C23H21ClN2O5. The Balaban J connectivity index is 1.46. The Morgan fingerprint density at radius 1 is 1.10 bits per heavy atom. The quantitative estimate of drug-likeness (QED) is 0.470. The van der Waals surface area contributed by atoms with Crippen molar-refractivity contribution >= 4 is 17.6 Å². The molecule has 0 amide bonds. The van der Waals surface area contributed by atoms with Crippen molar-refractivity contribution in [2.75, 3.05) is 6.61 Å². The van der Waals surface area contributed by atoms with Gasteiger partial charge < -0.3 is 9.47 Å². The van der Waals surface area contributed by atoms with Crippen molar-refractivity contribution in [3.8, 4) is 0 Å². The number of nitrogens with zero attached hydrogens (tertiary/aromatic N) is 1. The number of hydrogen-bond acceptors (Lipinski definition) is 5. The van der Waals surface area contributed by atoms with Crippen molar-refractivity contribution in [1.82, 2.24) is 9.55 Å². The van der Waals surface area contributed by atoms with Gasteiger partial charge in [-0.1, -0.05) is 48.5 Å². The molecule has 4 rings (SSSR count). The maximum Gasteiger partial charge on any atom is 0.338 e. The van der Waals surface area contributed by atoms with Crippen LogP contribution in [-0.4, -0.2) is 33.6 Å². The number of aromatic nitrogens is 2. The van der Waals surface area contributed by atoms with Gasteiger partial charge in [0, 0.05) is 24.6 Å². The Bertz CT molecular complexity index is 1160. The van der Waals surface area contributed by atoms with E-state index in [1.807, 2.05) is 36.4 Å². The van der Waals surface area contributed by atoms with E-state index < -0.39 is 34.9 Å². The van der Waals surface area contributed by atoms with E-state index >= 15 is 0 Å². The highest BCUT2D eigenvalue weighted by atomic mass is 35.5. The first kappa shape index (κ1) is 21.1. The van der Waals surface area contributed by atoms with Gasteiger partial charge in [-0.25, -0.2) is 9.59 Å². The number of aromatic amines is 1. The molecule has 3 aromatic rings. The lowest BCUT2D eigenvalue weighted by Crippen LogP contribution is -2.34. The number of nitrogens with one attached hydrogen (secondary N) is 1. The second kappa shape index (κ2) is 9.32. The van der Waals surface area contributed by atoms with Crippen LogP contribution in [-0.2, 0) is 15.9 Å². The normalized spacial score (nSPS) is 20.5. The lowest BCUT2D eigenvalue weighted by Gasteiger charge is -2.17. The van der Waals surface area contributed by atoms with Crippen molar-refractivity contribution in [3.63, 3.8) is 0 Å². The number of esters is 1. The second-order valence-corrected chi connectivity index (χ2v) is 7.89. The molecule has 31 heavy (non-hydrogen) atoms. The van der Waals surface area contributed by atoms with Gasteiger partial charge in [0.15, 0.2) is 0 Å². The summed E-state index contributed by atoms with van der Waals surface area (Å²) in [5.41, 5.74) is 0.827. The van der Waals surface area contributed by atoms with Crippen molar-refractivity contribution in [2.24, 2.45) is 0 Å². The van der Waals surface area contributed by atoms with Gasteiger partial charge in [0.05, 0.1) is 10.9 Å². The van der Waals surface area contributed by atoms with Crippen LogP contribution in [0.3, 0.4) is 0 Å². The van der Waals surface area contributed by atoms with Crippen LogP contribution in [0, 0.1) is 0 Å². The molecule has 1 fully saturated rings. The summed E-state index contributed by atoms with van der Waals surface area (Å²) in [6.45, 7) is -0.0344. The molecule has 8 heteroatoms. The second-order valence-electron chi connectivity index (χ2n) is 7.33. The summed E-state index contributed by atoms with van der Waals surface area (Å²) in [6.07, 6.45) is 0.996. The third-order valence-electron chi connectivity index (χ3n) is 5.14. The molecule has 0 spiro atoms. The van der Waals surface area contributed by atoms with Gasteiger partial charge in [-0.05, 0) is 17.7 Å². The van der Waals surface area contributed by atoms with Gasteiger partial charge in [-0.3, -0.25) is 14.3 Å². The molecular weight excluding hydrogens is 420 g/mol. The van der Waals surface area contributed by atoms with E-state index in [1.165, 1.54) is 10.8 Å². The molecule has 160 valence electrons. The lowest BCUT2D eigenvalue weighted by atomic mass is 10.1. The molecule has 0 unspecified atom stereocenters. The average molecular weight is 441 g/mol. The van der Waals surface area contributed by atoms with Crippen molar-refractivity contribution in [1.29, 1.82) is 0 Å². The van der Waals surface area contributed by atoms with Crippen molar-refractivity contribution < 1.29 is 14.3 Å². The van der Waals surface area contributed by atoms with Gasteiger partial charge in [0.2, 0.25) is 0 Å². The zero-order valence-electron chi connectivity index (χ0n) is 16.6. The van der Waals surface area contributed by atoms with Crippen LogP contribution in [0.5, 0.6) is 0 Å². The smallest absolute Gasteiger partial charge is 0.338 e. The number of rotatable bonds is 6. The number of hydrogen-bond donors (Lipinski definition) is 1. The molecule has 7 nitrogen and oxygen atoms in total. The molecule has 1 N–H and O–H groups in total. The number of halogens is 1. The Kier molecular flexibility index (Phi) is 6.34. The minimum absolute atomic E-state index is 0.0344. The summed E-state index contributed by atoms with van der Waals surface area (Å²) in [5, 5.41) is -0.454. The van der Waals surface area contributed by atoms with Crippen LogP contribution in [0.4, 0.5) is 0 Å². The van der Waals surface area contributed by atoms with Gasteiger partial charge >= 0.3 is 11.7 Å². The van der Waals surface area contributed by atoms with Crippen LogP contribution in [0.25, 0.3) is 0 Å². The summed E-state index contributed by atoms with van der Waals surface area (Å²) in [6, 6.07) is 18.1. The maximum atomic E-state index is 12.4. The molecule has 3 atom stereocenters. The largest absolute Gasteiger partial charge is 0.459 e. The van der Waals surface area contributed by atoms with E-state index in [1.54, 1.807) is 24.3 Å². The number of ether oxygens (including phenoxy) is 2. The molecule has 1 aromatic heterocycles. The third-order valence-corrected chi connectivity index (χ3v) is 5.60. The molecule has 0 bridgehead atoms. The van der Waals surface area contributed by atoms with Crippen LogP contribution in [0.2, 0.25) is 0 Å². The van der Waals surface area contributed by atoms with E-state index in [2.05, 4.69) is 4.98 Å². The first-order valence-electron chi connectivity index (χ1n) is 9.91. The summed E-state index contributed by atoms with van der Waals surface area (Å²) >= 11 is 6.40. The Labute approximate surface area is 183 Å². The predicted octanol–water partition coefficient (Wildman–Crippen LogP) is 2.88. The highest BCUT2D eigenvalue weighted by Crippen LogP contribution is 2.31. The predicted molar refractivity (Wildman–Crippen MR) is 115 cm³/mol. The van der Waals surface area contributed by atoms with Crippen molar-refractivity contribution in [3.05, 3.63) is 104 Å². The zero-order valence-corrected chi connectivity index (χ0v) is 17.3. The van der Waals surface area contributed by atoms with Gasteiger partial charge in [-0.15, -0.1) is 11.6 Å². The number of carbonyl (C=O) groups excluding carboxylic acids is 1. The molecule has 1 aliphatic rings. The van der Waals surface area contributed by atoms with E-state index in [9.17, 15) is 14.4 Å². The van der Waals surface area contributed by atoms with Crippen LogP contribution >= 0.6 is 11.6 Å². The molecule has 1 saturated heterocycles. The first-order chi connectivity index (χ1) is 15.0. The standard InChI is InChI=1S/C23H21ClN2O5/c24-18-12-20(31-19(18)14-30-22(28)16-9-5-2-6-10-16)26-13-17(21(27)25-23(26)29)11-15-7-3-1-4-8-15/h1-10,13,18-20H,11-12,14H2,(H,25,27,29)/t18-,19+,20+/m0/s1. The average Bonchev–Trinajstić information content (AvgIpc) is 3.15. The van der Waals surface area contributed by atoms with Crippen LogP contribution in [0.15, 0.2) is 76.4 Å². The molecule has 0 aliphatic carbocycles. The van der Waals surface area contributed by atoms with Crippen molar-refractivity contribution in [2.45, 2.75) is 30.6 Å². The summed E-state index contributed by atoms with van der Waals surface area (Å²) in [5.74, 6) is -0.470. The molecule has 2 heterocycles. The highest BCUT2D eigenvalue weighted by molar-refractivity contribution is 6.21. The van der Waals surface area contributed by atoms with E-state index in [4.69, 9.17) is 21.1 Å². The number of benzene rings is 2. The molecule has 0 radical (unpaired) electrons. The summed E-state index contributed by atoms with van der Waals surface area (Å²) in [7, 11) is 0. The van der Waals surface area contributed by atoms with E-state index in [-0.39, 0.29) is 6.61 Å². The minimum Gasteiger partial charge on any atom is -0.459 e. The molecule has 0 saturated carbocycles. The topological polar surface area (TPSA) is 90.4 Å². The van der Waals surface area contributed by atoms with E-state index in [0.29, 0.717) is 24.0 Å². The Morgan fingerprint density at radius 3 is 2.48 bits per heavy atom. The lowest BCUT2D eigenvalue weighted by molar-refractivity contribution is -0.0335. The SMILES string of the molecule is O=C(OC[C@H]1O[C@@H](n2cc(Cc3ccccc3)c(=O)[nH]c2=O)C[C@@H]1Cl)c1ccccc1. The van der Waals surface area contributed by atoms with E-state index in [0.717, 1.165) is 5.56 Å². The Morgan fingerprint density at radius 2 is 1.77 bits per heavy atom. The third kappa shape index (κ3) is 4.95. The molecule has 2 aromatic carbocycles. The fourth-order valence-electron chi connectivity index (χ4n) is 3.51. The minimum atomic E-state index is -0.665. The number of alkyl halides is 1. The van der Waals surface area contributed by atoms with Crippen LogP contribution < -0.4 is 11.2 Å². The maximum absolute atomic E-state index is 12.4. The highest BCUT2D eigenvalue weighted by Gasteiger charge is 2.36. The first-order valence-corrected chi connectivity index (χ1v) is 10.3. The number of carbonyl (C=O) groups is 1. The number of H-pyrrole nitrogens is 1. The fraction of sp³-hybridized carbons (Fsp3) is 0.261.